The van der Waals surface area contributed by atoms with Crippen molar-refractivity contribution in [3.8, 4) is 17.2 Å². The lowest BCUT2D eigenvalue weighted by Gasteiger charge is -2.13. The normalized spacial score (nSPS) is 12.2. The molecule has 0 saturated carbocycles. The van der Waals surface area contributed by atoms with E-state index in [2.05, 4.69) is 156 Å². The van der Waals surface area contributed by atoms with E-state index in [9.17, 15) is 0 Å². The lowest BCUT2D eigenvalue weighted by molar-refractivity contribution is 1.02. The summed E-state index contributed by atoms with van der Waals surface area (Å²) in [6.45, 7) is 0. The molecule has 3 nitrogen and oxygen atoms in total. The molecule has 0 N–H and O–H groups in total. The van der Waals surface area contributed by atoms with Gasteiger partial charge in [0.15, 0.2) is 0 Å². The molecule has 3 aromatic heterocycles. The van der Waals surface area contributed by atoms with E-state index in [4.69, 9.17) is 9.97 Å². The average molecular weight is 628 g/mol. The predicted octanol–water partition coefficient (Wildman–Crippen LogP) is 12.2. The molecule has 0 aliphatic heterocycles. The van der Waals surface area contributed by atoms with Gasteiger partial charge in [-0.3, -0.25) is 4.57 Å². The van der Waals surface area contributed by atoms with Gasteiger partial charge in [0, 0.05) is 42.6 Å². The maximum absolute atomic E-state index is 5.52. The molecule has 0 bridgehead atoms. The number of fused-ring (bicyclic) bond motifs is 14. The van der Waals surface area contributed by atoms with Gasteiger partial charge in [-0.2, -0.15) is 0 Å². The van der Waals surface area contributed by atoms with E-state index in [1.54, 1.807) is 0 Å². The molecule has 0 atom stereocenters. The van der Waals surface area contributed by atoms with E-state index in [0.717, 1.165) is 33.2 Å². The van der Waals surface area contributed by atoms with E-state index in [0.29, 0.717) is 5.95 Å². The number of hydrogen-bond acceptors (Lipinski definition) is 3. The van der Waals surface area contributed by atoms with Gasteiger partial charge in [0.25, 0.3) is 0 Å². The second kappa shape index (κ2) is 9.71. The molecule has 0 radical (unpaired) electrons. The van der Waals surface area contributed by atoms with Crippen molar-refractivity contribution < 1.29 is 0 Å². The minimum Gasteiger partial charge on any atom is -0.276 e. The fourth-order valence-corrected chi connectivity index (χ4v) is 9.11. The molecule has 8 aromatic carbocycles. The zero-order chi connectivity index (χ0) is 31.3. The molecule has 48 heavy (non-hydrogen) atoms. The molecule has 11 rings (SSSR count). The minimum atomic E-state index is 0.683. The number of nitrogens with zero attached hydrogens (tertiary/aromatic N) is 3. The lowest BCUT2D eigenvalue weighted by atomic mass is 9.98. The van der Waals surface area contributed by atoms with Crippen LogP contribution in [0.2, 0.25) is 0 Å². The van der Waals surface area contributed by atoms with Crippen LogP contribution in [0.4, 0.5) is 0 Å². The molecule has 4 heteroatoms. The van der Waals surface area contributed by atoms with E-state index < -0.39 is 0 Å². The summed E-state index contributed by atoms with van der Waals surface area (Å²) in [5.74, 6) is 0.683. The number of aromatic nitrogens is 3. The Bertz CT molecular complexity index is 3130. The zero-order valence-electron chi connectivity index (χ0n) is 25.7. The molecule has 0 aliphatic carbocycles. The van der Waals surface area contributed by atoms with E-state index in [-0.39, 0.29) is 0 Å². The summed E-state index contributed by atoms with van der Waals surface area (Å²) in [6.07, 6.45) is 0. The Kier molecular flexibility index (Phi) is 5.26. The van der Waals surface area contributed by atoms with Crippen LogP contribution in [0.1, 0.15) is 0 Å². The summed E-state index contributed by atoms with van der Waals surface area (Å²) in [5.41, 5.74) is 5.24. The molecule has 0 spiro atoms. The summed E-state index contributed by atoms with van der Waals surface area (Å²) in [6, 6.07) is 54.5. The standard InChI is InChI=1S/C44H25N3S/c1-2-13-28-25-29(22-21-26(28)11-1)40-33-17-7-9-19-36(33)45-44(46-40)47-41-30-14-4-3-12-27(30)23-24-35(41)38-31-15-5-6-16-32(31)39-34-18-8-10-20-37(34)48-43(39)42(38)47/h1-25H. The van der Waals surface area contributed by atoms with E-state index >= 15 is 0 Å². The number of hydrogen-bond donors (Lipinski definition) is 0. The van der Waals surface area contributed by atoms with Crippen LogP contribution in [-0.2, 0) is 0 Å². The van der Waals surface area contributed by atoms with Gasteiger partial charge in [-0.1, -0.05) is 133 Å². The summed E-state index contributed by atoms with van der Waals surface area (Å²) in [7, 11) is 0. The largest absolute Gasteiger partial charge is 0.276 e. The molecule has 0 unspecified atom stereocenters. The Balaban J connectivity index is 1.38. The van der Waals surface area contributed by atoms with Crippen molar-refractivity contribution in [3.05, 3.63) is 152 Å². The van der Waals surface area contributed by atoms with Gasteiger partial charge in [0.05, 0.1) is 26.9 Å². The zero-order valence-corrected chi connectivity index (χ0v) is 26.5. The number of para-hydroxylation sites is 1. The monoisotopic (exact) mass is 627 g/mol. The van der Waals surface area contributed by atoms with Crippen LogP contribution in [0.5, 0.6) is 0 Å². The van der Waals surface area contributed by atoms with Crippen LogP contribution in [-0.4, -0.2) is 14.5 Å². The Morgan fingerprint density at radius 2 is 1.08 bits per heavy atom. The van der Waals surface area contributed by atoms with Gasteiger partial charge in [-0.15, -0.1) is 11.3 Å². The fraction of sp³-hybridized carbons (Fsp3) is 0. The van der Waals surface area contributed by atoms with Crippen molar-refractivity contribution in [1.82, 2.24) is 14.5 Å². The first-order valence-electron chi connectivity index (χ1n) is 16.3. The fourth-order valence-electron chi connectivity index (χ4n) is 7.86. The van der Waals surface area contributed by atoms with Crippen molar-refractivity contribution in [3.63, 3.8) is 0 Å². The maximum atomic E-state index is 5.52. The third kappa shape index (κ3) is 3.52. The molecule has 11 aromatic rings. The van der Waals surface area contributed by atoms with Crippen molar-refractivity contribution in [1.29, 1.82) is 0 Å². The van der Waals surface area contributed by atoms with E-state index in [1.165, 1.54) is 63.3 Å². The van der Waals surface area contributed by atoms with Gasteiger partial charge in [-0.05, 0) is 45.1 Å². The summed E-state index contributed by atoms with van der Waals surface area (Å²) >= 11 is 1.86. The second-order valence-corrected chi connectivity index (χ2v) is 13.6. The van der Waals surface area contributed by atoms with Gasteiger partial charge in [-0.25, -0.2) is 9.97 Å². The molecule has 3 heterocycles. The van der Waals surface area contributed by atoms with Crippen LogP contribution in [0.15, 0.2) is 152 Å². The molecule has 0 saturated heterocycles. The summed E-state index contributed by atoms with van der Waals surface area (Å²) < 4.78 is 4.91. The van der Waals surface area contributed by atoms with Crippen molar-refractivity contribution in [2.75, 3.05) is 0 Å². The smallest absolute Gasteiger partial charge is 0.235 e. The van der Waals surface area contributed by atoms with Crippen LogP contribution >= 0.6 is 11.3 Å². The number of thiophene rings is 1. The Labute approximate surface area is 278 Å². The topological polar surface area (TPSA) is 30.7 Å². The van der Waals surface area contributed by atoms with Gasteiger partial charge < -0.3 is 0 Å². The Morgan fingerprint density at radius 1 is 0.438 bits per heavy atom. The SMILES string of the molecule is c1ccc2cc(-c3nc(-n4c5c6ccccc6ccc5c5c6ccccc6c6c7ccccc7sc6c54)nc4ccccc34)ccc2c1. The maximum Gasteiger partial charge on any atom is 0.235 e. The molecule has 0 aliphatic rings. The highest BCUT2D eigenvalue weighted by Gasteiger charge is 2.24. The number of rotatable bonds is 2. The van der Waals surface area contributed by atoms with Crippen LogP contribution in [0, 0.1) is 0 Å². The molecule has 222 valence electrons. The van der Waals surface area contributed by atoms with Crippen LogP contribution < -0.4 is 0 Å². The molecule has 0 fully saturated rings. The number of benzene rings is 8. The predicted molar refractivity (Wildman–Crippen MR) is 205 cm³/mol. The second-order valence-electron chi connectivity index (χ2n) is 12.5. The van der Waals surface area contributed by atoms with Gasteiger partial charge >= 0.3 is 0 Å². The van der Waals surface area contributed by atoms with Gasteiger partial charge in [0.2, 0.25) is 5.95 Å². The van der Waals surface area contributed by atoms with Crippen LogP contribution in [0.3, 0.4) is 0 Å². The van der Waals surface area contributed by atoms with Crippen LogP contribution in [0.25, 0.3) is 102 Å². The van der Waals surface area contributed by atoms with Crippen molar-refractivity contribution >= 4 is 96.5 Å². The lowest BCUT2D eigenvalue weighted by Crippen LogP contribution is -2.04. The minimum absolute atomic E-state index is 0.683. The van der Waals surface area contributed by atoms with Crippen molar-refractivity contribution in [2.45, 2.75) is 0 Å². The highest BCUT2D eigenvalue weighted by molar-refractivity contribution is 7.27. The van der Waals surface area contributed by atoms with Gasteiger partial charge in [0.1, 0.15) is 0 Å². The highest BCUT2D eigenvalue weighted by Crippen LogP contribution is 2.48. The first-order chi connectivity index (χ1) is 23.8. The Hall–Kier alpha value is -6.10. The average Bonchev–Trinajstić information content (AvgIpc) is 3.72. The highest BCUT2D eigenvalue weighted by atomic mass is 32.1. The first kappa shape index (κ1) is 26.0. The first-order valence-corrected chi connectivity index (χ1v) is 17.1. The molecular weight excluding hydrogens is 603 g/mol. The van der Waals surface area contributed by atoms with Crippen molar-refractivity contribution in [2.24, 2.45) is 0 Å². The third-order valence-corrected chi connectivity index (χ3v) is 11.1. The molecule has 0 amide bonds. The molecular formula is C44H25N3S. The quantitative estimate of drug-likeness (QED) is 0.191. The third-order valence-electron chi connectivity index (χ3n) is 9.94. The Morgan fingerprint density at radius 3 is 1.94 bits per heavy atom. The summed E-state index contributed by atoms with van der Waals surface area (Å²) in [5, 5.41) is 13.4. The van der Waals surface area contributed by atoms with E-state index in [1.807, 2.05) is 11.3 Å². The summed E-state index contributed by atoms with van der Waals surface area (Å²) in [4.78, 5) is 10.9.